The van der Waals surface area contributed by atoms with Gasteiger partial charge in [-0.05, 0) is 23.3 Å². The molecule has 4 nitrogen and oxygen atoms in total. The predicted molar refractivity (Wildman–Crippen MR) is 71.6 cm³/mol. The third-order valence-electron chi connectivity index (χ3n) is 2.54. The molecule has 0 aliphatic carbocycles. The third kappa shape index (κ3) is 2.31. The zero-order chi connectivity index (χ0) is 13.1. The number of nitro groups is 1. The Bertz CT molecular complexity index is 625. The Labute approximate surface area is 112 Å². The summed E-state index contributed by atoms with van der Waals surface area (Å²) >= 11 is 3.39. The van der Waals surface area contributed by atoms with E-state index in [4.69, 9.17) is 0 Å². The fraction of sp³-hybridized carbons (Fsp3) is 0. The van der Waals surface area contributed by atoms with E-state index >= 15 is 0 Å². The molecule has 5 heteroatoms. The monoisotopic (exact) mass is 305 g/mol. The minimum atomic E-state index is -0.517. The summed E-state index contributed by atoms with van der Waals surface area (Å²) in [6, 6.07) is 11.7. The normalized spacial score (nSPS) is 10.1. The molecule has 0 saturated heterocycles. The number of aldehydes is 1. The molecular weight excluding hydrogens is 298 g/mol. The molecule has 2 rings (SSSR count). The van der Waals surface area contributed by atoms with E-state index in [0.717, 1.165) is 10.0 Å². The molecule has 0 aromatic heterocycles. The fourth-order valence-corrected chi connectivity index (χ4v) is 2.18. The van der Waals surface area contributed by atoms with Crippen molar-refractivity contribution in [2.75, 3.05) is 0 Å². The van der Waals surface area contributed by atoms with Crippen LogP contribution in [0.3, 0.4) is 0 Å². The zero-order valence-corrected chi connectivity index (χ0v) is 10.8. The number of hydrogen-bond donors (Lipinski definition) is 0. The summed E-state index contributed by atoms with van der Waals surface area (Å²) in [4.78, 5) is 21.2. The quantitative estimate of drug-likeness (QED) is 0.492. The van der Waals surface area contributed by atoms with Crippen molar-refractivity contribution in [2.24, 2.45) is 0 Å². The second-order valence-corrected chi connectivity index (χ2v) is 4.48. The van der Waals surface area contributed by atoms with E-state index in [1.807, 2.05) is 24.3 Å². The predicted octanol–water partition coefficient (Wildman–Crippen LogP) is 3.84. The first-order valence-electron chi connectivity index (χ1n) is 5.12. The van der Waals surface area contributed by atoms with Gasteiger partial charge in [-0.1, -0.05) is 34.1 Å². The highest BCUT2D eigenvalue weighted by atomic mass is 79.9. The molecule has 0 aliphatic rings. The van der Waals surface area contributed by atoms with E-state index in [9.17, 15) is 14.9 Å². The highest BCUT2D eigenvalue weighted by molar-refractivity contribution is 9.10. The smallest absolute Gasteiger partial charge is 0.270 e. The van der Waals surface area contributed by atoms with E-state index in [1.165, 1.54) is 12.1 Å². The van der Waals surface area contributed by atoms with E-state index in [-0.39, 0.29) is 5.69 Å². The topological polar surface area (TPSA) is 60.2 Å². The molecule has 90 valence electrons. The maximum absolute atomic E-state index is 11.0. The van der Waals surface area contributed by atoms with Gasteiger partial charge in [-0.15, -0.1) is 0 Å². The van der Waals surface area contributed by atoms with Crippen LogP contribution in [0.4, 0.5) is 5.69 Å². The summed E-state index contributed by atoms with van der Waals surface area (Å²) in [5.41, 5.74) is 1.71. The molecular formula is C13H8BrNO3. The average molecular weight is 306 g/mol. The number of nitro benzene ring substituents is 1. The summed E-state index contributed by atoms with van der Waals surface area (Å²) in [6.07, 6.45) is 0.627. The van der Waals surface area contributed by atoms with Crippen molar-refractivity contribution in [3.63, 3.8) is 0 Å². The molecule has 2 aromatic carbocycles. The van der Waals surface area contributed by atoms with Crippen molar-refractivity contribution in [1.82, 2.24) is 0 Å². The molecule has 0 unspecified atom stereocenters. The fourth-order valence-electron chi connectivity index (χ4n) is 1.69. The highest BCUT2D eigenvalue weighted by Gasteiger charge is 2.12. The molecule has 0 spiro atoms. The minimum absolute atomic E-state index is 0.0899. The third-order valence-corrected chi connectivity index (χ3v) is 3.23. The van der Waals surface area contributed by atoms with E-state index in [2.05, 4.69) is 15.9 Å². The second kappa shape index (κ2) is 5.10. The number of hydrogen-bond acceptors (Lipinski definition) is 3. The van der Waals surface area contributed by atoms with Crippen LogP contribution in [0.1, 0.15) is 10.4 Å². The first-order valence-corrected chi connectivity index (χ1v) is 5.91. The highest BCUT2D eigenvalue weighted by Crippen LogP contribution is 2.31. The van der Waals surface area contributed by atoms with Crippen LogP contribution < -0.4 is 0 Å². The molecule has 0 heterocycles. The number of carbonyl (C=O) groups excluding carboxylic acids is 1. The van der Waals surface area contributed by atoms with E-state index < -0.39 is 4.92 Å². The Morgan fingerprint density at radius 3 is 2.44 bits per heavy atom. The maximum atomic E-state index is 11.0. The Hall–Kier alpha value is -2.01. The zero-order valence-electron chi connectivity index (χ0n) is 9.17. The van der Waals surface area contributed by atoms with Crippen LogP contribution in [0.15, 0.2) is 46.9 Å². The van der Waals surface area contributed by atoms with Gasteiger partial charge in [0.1, 0.15) is 0 Å². The Morgan fingerprint density at radius 1 is 1.11 bits per heavy atom. The van der Waals surface area contributed by atoms with Gasteiger partial charge in [-0.3, -0.25) is 14.9 Å². The summed E-state index contributed by atoms with van der Waals surface area (Å²) in [5.74, 6) is 0. The summed E-state index contributed by atoms with van der Waals surface area (Å²) < 4.78 is 0.835. The average Bonchev–Trinajstić information content (AvgIpc) is 2.38. The Balaban J connectivity index is 2.62. The van der Waals surface area contributed by atoms with E-state index in [0.29, 0.717) is 17.4 Å². The lowest BCUT2D eigenvalue weighted by atomic mass is 10.00. The van der Waals surface area contributed by atoms with Crippen LogP contribution in [-0.4, -0.2) is 11.2 Å². The first-order chi connectivity index (χ1) is 8.63. The van der Waals surface area contributed by atoms with Crippen molar-refractivity contribution in [3.8, 4) is 11.1 Å². The molecule has 0 radical (unpaired) electrons. The number of halogens is 1. The lowest BCUT2D eigenvalue weighted by Gasteiger charge is -2.07. The van der Waals surface area contributed by atoms with Crippen LogP contribution in [-0.2, 0) is 0 Å². The standard InChI is InChI=1S/C13H8BrNO3/c14-13-4-2-1-3-12(13)11-6-5-10(15(17)18)7-9(11)8-16/h1-8H. The van der Waals surface area contributed by atoms with Crippen LogP contribution in [0.25, 0.3) is 11.1 Å². The summed E-state index contributed by atoms with van der Waals surface area (Å²) in [7, 11) is 0. The number of carbonyl (C=O) groups is 1. The molecule has 0 fully saturated rings. The van der Waals surface area contributed by atoms with Gasteiger partial charge >= 0.3 is 0 Å². The van der Waals surface area contributed by atoms with Crippen LogP contribution >= 0.6 is 15.9 Å². The number of benzene rings is 2. The lowest BCUT2D eigenvalue weighted by molar-refractivity contribution is -0.384. The molecule has 0 aliphatic heterocycles. The van der Waals surface area contributed by atoms with Gasteiger partial charge in [0.2, 0.25) is 0 Å². The van der Waals surface area contributed by atoms with Gasteiger partial charge in [0.05, 0.1) is 4.92 Å². The van der Waals surface area contributed by atoms with Gasteiger partial charge in [-0.2, -0.15) is 0 Å². The maximum Gasteiger partial charge on any atom is 0.270 e. The molecule has 0 atom stereocenters. The molecule has 0 N–H and O–H groups in total. The van der Waals surface area contributed by atoms with Crippen LogP contribution in [0, 0.1) is 10.1 Å². The van der Waals surface area contributed by atoms with Gasteiger partial charge < -0.3 is 0 Å². The number of nitrogens with zero attached hydrogens (tertiary/aromatic N) is 1. The molecule has 0 saturated carbocycles. The van der Waals surface area contributed by atoms with Gasteiger partial charge in [0.25, 0.3) is 5.69 Å². The largest absolute Gasteiger partial charge is 0.298 e. The SMILES string of the molecule is O=Cc1cc([N+](=O)[O-])ccc1-c1ccccc1Br. The van der Waals surface area contributed by atoms with Crippen LogP contribution in [0.2, 0.25) is 0 Å². The van der Waals surface area contributed by atoms with Crippen molar-refractivity contribution in [1.29, 1.82) is 0 Å². The lowest BCUT2D eigenvalue weighted by Crippen LogP contribution is -1.93. The Kier molecular flexibility index (Phi) is 3.53. The van der Waals surface area contributed by atoms with Gasteiger partial charge in [-0.25, -0.2) is 0 Å². The molecule has 0 bridgehead atoms. The summed E-state index contributed by atoms with van der Waals surface area (Å²) in [6.45, 7) is 0. The summed E-state index contributed by atoms with van der Waals surface area (Å²) in [5, 5.41) is 10.7. The first kappa shape index (κ1) is 12.4. The molecule has 2 aromatic rings. The number of non-ortho nitro benzene ring substituents is 1. The van der Waals surface area contributed by atoms with Gasteiger partial charge in [0.15, 0.2) is 6.29 Å². The number of rotatable bonds is 3. The van der Waals surface area contributed by atoms with Crippen molar-refractivity contribution in [2.45, 2.75) is 0 Å². The van der Waals surface area contributed by atoms with Crippen molar-refractivity contribution >= 4 is 27.9 Å². The van der Waals surface area contributed by atoms with Gasteiger partial charge in [0, 0.05) is 22.2 Å². The second-order valence-electron chi connectivity index (χ2n) is 3.63. The van der Waals surface area contributed by atoms with Crippen molar-refractivity contribution < 1.29 is 9.72 Å². The van der Waals surface area contributed by atoms with Crippen LogP contribution in [0.5, 0.6) is 0 Å². The molecule has 18 heavy (non-hydrogen) atoms. The van der Waals surface area contributed by atoms with E-state index in [1.54, 1.807) is 6.07 Å². The minimum Gasteiger partial charge on any atom is -0.298 e. The molecule has 0 amide bonds. The Morgan fingerprint density at radius 2 is 1.83 bits per heavy atom. The van der Waals surface area contributed by atoms with Crippen molar-refractivity contribution in [3.05, 3.63) is 62.6 Å².